The summed E-state index contributed by atoms with van der Waals surface area (Å²) in [6.07, 6.45) is 1.65. The van der Waals surface area contributed by atoms with Crippen LogP contribution in [-0.2, 0) is 4.79 Å². The van der Waals surface area contributed by atoms with E-state index in [0.717, 1.165) is 16.8 Å². The molecule has 1 amide bonds. The van der Waals surface area contributed by atoms with Crippen molar-refractivity contribution in [1.29, 1.82) is 0 Å². The maximum Gasteiger partial charge on any atom is 0.246 e. The van der Waals surface area contributed by atoms with E-state index >= 15 is 0 Å². The zero-order valence-electron chi connectivity index (χ0n) is 16.3. The quantitative estimate of drug-likeness (QED) is 0.557. The molecule has 0 radical (unpaired) electrons. The Morgan fingerprint density at radius 1 is 0.679 bits per heavy atom. The maximum atomic E-state index is 12.7. The Kier molecular flexibility index (Phi) is 6.64. The molecule has 3 aromatic carbocycles. The van der Waals surface area contributed by atoms with Crippen molar-refractivity contribution in [1.82, 2.24) is 10.6 Å². The molecular weight excluding hydrogens is 344 g/mol. The van der Waals surface area contributed by atoms with Crippen molar-refractivity contribution < 1.29 is 4.79 Å². The van der Waals surface area contributed by atoms with Crippen molar-refractivity contribution in [3.63, 3.8) is 0 Å². The molecule has 0 saturated carbocycles. The molecule has 0 aliphatic carbocycles. The van der Waals surface area contributed by atoms with Crippen LogP contribution in [0.25, 0.3) is 5.70 Å². The first-order valence-corrected chi connectivity index (χ1v) is 9.57. The van der Waals surface area contributed by atoms with Gasteiger partial charge >= 0.3 is 0 Å². The number of hydrogen-bond acceptors (Lipinski definition) is 2. The van der Waals surface area contributed by atoms with Crippen LogP contribution in [0.1, 0.15) is 42.6 Å². The van der Waals surface area contributed by atoms with E-state index < -0.39 is 0 Å². The predicted molar refractivity (Wildman–Crippen MR) is 115 cm³/mol. The zero-order valence-corrected chi connectivity index (χ0v) is 16.3. The topological polar surface area (TPSA) is 41.1 Å². The summed E-state index contributed by atoms with van der Waals surface area (Å²) >= 11 is 0. The standard InChI is InChI=1S/C25H26N2O/c1-19(21-12-6-3-7-13-21)26-24(23-16-10-5-11-17-23)18-25(28)27-20(2)22-14-8-4-9-15-22/h3-20,26H,1-2H3,(H,27,28)/b24-18+/t19-,20+/m1/s1. The van der Waals surface area contributed by atoms with Gasteiger partial charge in [0.25, 0.3) is 0 Å². The number of hydrogen-bond donors (Lipinski definition) is 2. The highest BCUT2D eigenvalue weighted by Gasteiger charge is 2.12. The molecule has 0 aliphatic rings. The molecule has 3 nitrogen and oxygen atoms in total. The Bertz CT molecular complexity index is 905. The lowest BCUT2D eigenvalue weighted by atomic mass is 10.1. The SMILES string of the molecule is C[C@H](NC(=O)/C=C(/N[C@H](C)c1ccccc1)c1ccccc1)c1ccccc1. The van der Waals surface area contributed by atoms with E-state index in [0.29, 0.717) is 0 Å². The molecule has 2 N–H and O–H groups in total. The average molecular weight is 370 g/mol. The van der Waals surface area contributed by atoms with Crippen LogP contribution in [0.4, 0.5) is 0 Å². The molecule has 2 atom stereocenters. The summed E-state index contributed by atoms with van der Waals surface area (Å²) < 4.78 is 0. The third-order valence-electron chi connectivity index (χ3n) is 4.69. The minimum Gasteiger partial charge on any atom is -0.378 e. The first-order valence-electron chi connectivity index (χ1n) is 9.57. The molecular formula is C25H26N2O. The van der Waals surface area contributed by atoms with E-state index in [1.807, 2.05) is 85.8 Å². The molecule has 0 spiro atoms. The summed E-state index contributed by atoms with van der Waals surface area (Å²) in [6, 6.07) is 30.1. The van der Waals surface area contributed by atoms with E-state index in [1.54, 1.807) is 6.08 Å². The Morgan fingerprint density at radius 3 is 1.61 bits per heavy atom. The van der Waals surface area contributed by atoms with Gasteiger partial charge in [-0.05, 0) is 30.5 Å². The Labute approximate surface area is 167 Å². The van der Waals surface area contributed by atoms with Crippen LogP contribution in [0.5, 0.6) is 0 Å². The molecule has 0 aromatic heterocycles. The van der Waals surface area contributed by atoms with Gasteiger partial charge in [-0.1, -0.05) is 91.0 Å². The van der Waals surface area contributed by atoms with Crippen molar-refractivity contribution in [2.24, 2.45) is 0 Å². The van der Waals surface area contributed by atoms with Gasteiger partial charge in [0.2, 0.25) is 5.91 Å². The number of benzene rings is 3. The van der Waals surface area contributed by atoms with Gasteiger partial charge in [-0.15, -0.1) is 0 Å². The maximum absolute atomic E-state index is 12.7. The van der Waals surface area contributed by atoms with Crippen LogP contribution in [0, 0.1) is 0 Å². The monoisotopic (exact) mass is 370 g/mol. The van der Waals surface area contributed by atoms with E-state index in [-0.39, 0.29) is 18.0 Å². The molecule has 0 bridgehead atoms. The second-order valence-electron chi connectivity index (χ2n) is 6.84. The lowest BCUT2D eigenvalue weighted by Gasteiger charge is -2.19. The Morgan fingerprint density at radius 2 is 1.11 bits per heavy atom. The van der Waals surface area contributed by atoms with Crippen molar-refractivity contribution in [3.05, 3.63) is 114 Å². The Hall–Kier alpha value is -3.33. The fourth-order valence-electron chi connectivity index (χ4n) is 3.10. The van der Waals surface area contributed by atoms with E-state index in [9.17, 15) is 4.79 Å². The molecule has 0 aliphatic heterocycles. The number of amides is 1. The van der Waals surface area contributed by atoms with E-state index in [1.165, 1.54) is 5.56 Å². The second-order valence-corrected chi connectivity index (χ2v) is 6.84. The number of carbonyl (C=O) groups is 1. The normalized spacial score (nSPS) is 13.4. The van der Waals surface area contributed by atoms with Gasteiger partial charge in [-0.25, -0.2) is 0 Å². The lowest BCUT2D eigenvalue weighted by Crippen LogP contribution is -2.26. The molecule has 3 aromatic rings. The van der Waals surface area contributed by atoms with Crippen LogP contribution in [0.2, 0.25) is 0 Å². The van der Waals surface area contributed by atoms with Crippen LogP contribution in [0.3, 0.4) is 0 Å². The minimum absolute atomic E-state index is 0.0616. The fourth-order valence-corrected chi connectivity index (χ4v) is 3.10. The van der Waals surface area contributed by atoms with Gasteiger partial charge in [0.1, 0.15) is 0 Å². The number of nitrogens with one attached hydrogen (secondary N) is 2. The summed E-state index contributed by atoms with van der Waals surface area (Å²) in [4.78, 5) is 12.7. The van der Waals surface area contributed by atoms with Gasteiger partial charge in [0.15, 0.2) is 0 Å². The summed E-state index contributed by atoms with van der Waals surface area (Å²) in [5.41, 5.74) is 4.03. The Balaban J connectivity index is 1.79. The minimum atomic E-state index is -0.122. The van der Waals surface area contributed by atoms with E-state index in [2.05, 4.69) is 29.7 Å². The molecule has 3 rings (SSSR count). The number of rotatable bonds is 7. The molecule has 0 fully saturated rings. The zero-order chi connectivity index (χ0) is 19.8. The highest BCUT2D eigenvalue weighted by atomic mass is 16.1. The first kappa shape index (κ1) is 19.4. The van der Waals surface area contributed by atoms with Crippen molar-refractivity contribution >= 4 is 11.6 Å². The van der Waals surface area contributed by atoms with Crippen molar-refractivity contribution in [2.45, 2.75) is 25.9 Å². The smallest absolute Gasteiger partial charge is 0.246 e. The van der Waals surface area contributed by atoms with Crippen LogP contribution in [0.15, 0.2) is 97.1 Å². The average Bonchev–Trinajstić information content (AvgIpc) is 2.75. The lowest BCUT2D eigenvalue weighted by molar-refractivity contribution is -0.117. The van der Waals surface area contributed by atoms with Crippen molar-refractivity contribution in [2.75, 3.05) is 0 Å². The van der Waals surface area contributed by atoms with Gasteiger partial charge < -0.3 is 10.6 Å². The fraction of sp³-hybridized carbons (Fsp3) is 0.160. The number of carbonyl (C=O) groups excluding carboxylic acids is 1. The van der Waals surface area contributed by atoms with Crippen molar-refractivity contribution in [3.8, 4) is 0 Å². The summed E-state index contributed by atoms with van der Waals surface area (Å²) in [7, 11) is 0. The van der Waals surface area contributed by atoms with Gasteiger partial charge in [0.05, 0.1) is 6.04 Å². The van der Waals surface area contributed by atoms with Crippen LogP contribution >= 0.6 is 0 Å². The van der Waals surface area contributed by atoms with E-state index in [4.69, 9.17) is 0 Å². The highest BCUT2D eigenvalue weighted by molar-refractivity contribution is 5.95. The van der Waals surface area contributed by atoms with Gasteiger partial charge in [-0.2, -0.15) is 0 Å². The molecule has 28 heavy (non-hydrogen) atoms. The second kappa shape index (κ2) is 9.56. The molecule has 0 unspecified atom stereocenters. The van der Waals surface area contributed by atoms with Crippen LogP contribution < -0.4 is 10.6 Å². The summed E-state index contributed by atoms with van der Waals surface area (Å²) in [5.74, 6) is -0.122. The van der Waals surface area contributed by atoms with Crippen LogP contribution in [-0.4, -0.2) is 5.91 Å². The molecule has 0 heterocycles. The van der Waals surface area contributed by atoms with Gasteiger partial charge in [-0.3, -0.25) is 4.79 Å². The highest BCUT2D eigenvalue weighted by Crippen LogP contribution is 2.19. The predicted octanol–water partition coefficient (Wildman–Crippen LogP) is 5.26. The third kappa shape index (κ3) is 5.34. The summed E-state index contributed by atoms with van der Waals surface area (Å²) in [5, 5.41) is 6.55. The van der Waals surface area contributed by atoms with Gasteiger partial charge in [0, 0.05) is 17.8 Å². The third-order valence-corrected chi connectivity index (χ3v) is 4.69. The summed E-state index contributed by atoms with van der Waals surface area (Å²) in [6.45, 7) is 4.08. The molecule has 0 saturated heterocycles. The first-order chi connectivity index (χ1) is 13.6. The molecule has 3 heteroatoms. The largest absolute Gasteiger partial charge is 0.378 e. The molecule has 142 valence electrons.